The lowest BCUT2D eigenvalue weighted by Crippen LogP contribution is -2.19. The Morgan fingerprint density at radius 3 is 2.58 bits per heavy atom. The number of hydrogen-bond acceptors (Lipinski definition) is 4. The minimum Gasteiger partial charge on any atom is -0.481 e. The summed E-state index contributed by atoms with van der Waals surface area (Å²) < 4.78 is 49.8. The summed E-state index contributed by atoms with van der Waals surface area (Å²) in [7, 11) is -3.88. The van der Waals surface area contributed by atoms with Crippen LogP contribution in [0.3, 0.4) is 0 Å². The van der Waals surface area contributed by atoms with E-state index in [9.17, 15) is 22.0 Å². The lowest BCUT2D eigenvalue weighted by Gasteiger charge is -2.11. The number of rotatable bonds is 7. The number of thioether (sulfide) groups is 1. The zero-order chi connectivity index (χ0) is 14.5. The summed E-state index contributed by atoms with van der Waals surface area (Å²) in [5, 5.41) is 8.42. The second kappa shape index (κ2) is 6.71. The third kappa shape index (κ3) is 5.88. The molecule has 0 amide bonds. The van der Waals surface area contributed by atoms with E-state index in [-0.39, 0.29) is 22.3 Å². The lowest BCUT2D eigenvalue weighted by atomic mass is 10.3. The first-order valence-electron chi connectivity index (χ1n) is 5.06. The van der Waals surface area contributed by atoms with Crippen LogP contribution in [0.2, 0.25) is 0 Å². The van der Waals surface area contributed by atoms with Gasteiger partial charge in [-0.15, -0.1) is 0 Å². The van der Waals surface area contributed by atoms with Gasteiger partial charge in [0, 0.05) is 4.90 Å². The molecule has 9 heteroatoms. The third-order valence-electron chi connectivity index (χ3n) is 1.95. The topological polar surface area (TPSA) is 83.5 Å². The van der Waals surface area contributed by atoms with Gasteiger partial charge in [-0.05, 0) is 12.1 Å². The molecule has 1 rings (SSSR count). The molecule has 1 aromatic rings. The Balaban J connectivity index is 2.83. The summed E-state index contributed by atoms with van der Waals surface area (Å²) >= 11 is 0.214. The van der Waals surface area contributed by atoms with Gasteiger partial charge in [0.15, 0.2) is 0 Å². The third-order valence-corrected chi connectivity index (χ3v) is 4.01. The average molecular weight is 311 g/mol. The van der Waals surface area contributed by atoms with Crippen molar-refractivity contribution in [2.24, 2.45) is 0 Å². The fourth-order valence-corrected chi connectivity index (χ4v) is 2.91. The van der Waals surface area contributed by atoms with E-state index in [0.717, 1.165) is 0 Å². The summed E-state index contributed by atoms with van der Waals surface area (Å²) in [5.41, 5.74) is 0.0122. The monoisotopic (exact) mass is 311 g/mol. The molecule has 2 N–H and O–H groups in total. The Morgan fingerprint density at radius 1 is 1.37 bits per heavy atom. The molecule has 0 aliphatic heterocycles. The first kappa shape index (κ1) is 15.7. The molecule has 0 aliphatic carbocycles. The van der Waals surface area contributed by atoms with Crippen LogP contribution in [-0.2, 0) is 14.8 Å². The lowest BCUT2D eigenvalue weighted by molar-refractivity contribution is -0.136. The van der Waals surface area contributed by atoms with E-state index in [1.165, 1.54) is 24.3 Å². The quantitative estimate of drug-likeness (QED) is 0.754. The summed E-state index contributed by atoms with van der Waals surface area (Å²) in [6, 6.07) is 5.68. The highest BCUT2D eigenvalue weighted by Gasteiger charge is 2.16. The Bertz CT molecular complexity index is 548. The van der Waals surface area contributed by atoms with Crippen LogP contribution in [0.4, 0.5) is 14.5 Å². The molecule has 0 aromatic heterocycles. The van der Waals surface area contributed by atoms with Gasteiger partial charge in [-0.3, -0.25) is 9.52 Å². The molecule has 0 spiro atoms. The van der Waals surface area contributed by atoms with Gasteiger partial charge in [0.05, 0.1) is 17.9 Å². The van der Waals surface area contributed by atoms with Crippen molar-refractivity contribution in [2.45, 2.75) is 17.1 Å². The van der Waals surface area contributed by atoms with Crippen LogP contribution in [0.15, 0.2) is 29.2 Å². The Labute approximate surface area is 113 Å². The maximum atomic E-state index is 12.3. The van der Waals surface area contributed by atoms with Crippen LogP contribution >= 0.6 is 11.8 Å². The predicted octanol–water partition coefficient (Wildman–Crippen LogP) is 2.22. The van der Waals surface area contributed by atoms with Gasteiger partial charge < -0.3 is 5.11 Å². The van der Waals surface area contributed by atoms with Crippen molar-refractivity contribution in [1.29, 1.82) is 0 Å². The van der Waals surface area contributed by atoms with Crippen LogP contribution in [0.1, 0.15) is 6.42 Å². The van der Waals surface area contributed by atoms with Crippen molar-refractivity contribution in [2.75, 3.05) is 10.5 Å². The van der Waals surface area contributed by atoms with E-state index < -0.39 is 33.9 Å². The summed E-state index contributed by atoms with van der Waals surface area (Å²) in [6.07, 6.45) is -0.556. The van der Waals surface area contributed by atoms with E-state index in [1.807, 2.05) is 0 Å². The number of nitrogens with one attached hydrogen (secondary N) is 1. The van der Waals surface area contributed by atoms with E-state index in [1.54, 1.807) is 0 Å². The maximum absolute atomic E-state index is 12.3. The molecule has 0 radical (unpaired) electrons. The molecule has 0 atom stereocenters. The average Bonchev–Trinajstić information content (AvgIpc) is 2.28. The van der Waals surface area contributed by atoms with Crippen molar-refractivity contribution >= 4 is 33.4 Å². The van der Waals surface area contributed by atoms with Gasteiger partial charge >= 0.3 is 5.97 Å². The SMILES string of the molecule is O=C(O)CCS(=O)(=O)Nc1ccccc1SC(F)F. The van der Waals surface area contributed by atoms with Gasteiger partial charge in [0.2, 0.25) is 10.0 Å². The molecule has 0 aliphatic rings. The summed E-state index contributed by atoms with van der Waals surface area (Å²) in [4.78, 5) is 10.4. The number of halogens is 2. The fraction of sp³-hybridized carbons (Fsp3) is 0.300. The largest absolute Gasteiger partial charge is 0.481 e. The Kier molecular flexibility index (Phi) is 5.55. The van der Waals surface area contributed by atoms with Crippen molar-refractivity contribution in [3.63, 3.8) is 0 Å². The summed E-state index contributed by atoms with van der Waals surface area (Å²) in [5.74, 6) is -4.54. The number of anilines is 1. The van der Waals surface area contributed by atoms with Crippen molar-refractivity contribution in [1.82, 2.24) is 0 Å². The van der Waals surface area contributed by atoms with Crippen LogP contribution in [0.5, 0.6) is 0 Å². The van der Waals surface area contributed by atoms with Crippen molar-refractivity contribution in [3.8, 4) is 0 Å². The molecule has 106 valence electrons. The standard InChI is InChI=1S/C10H11F2NO4S2/c11-10(12)18-8-4-2-1-3-7(8)13-19(16,17)6-5-9(14)15/h1-4,10,13H,5-6H2,(H,14,15). The van der Waals surface area contributed by atoms with Gasteiger partial charge in [0.25, 0.3) is 5.76 Å². The van der Waals surface area contributed by atoms with Gasteiger partial charge in [0.1, 0.15) is 0 Å². The van der Waals surface area contributed by atoms with E-state index in [2.05, 4.69) is 4.72 Å². The fourth-order valence-electron chi connectivity index (χ4n) is 1.19. The van der Waals surface area contributed by atoms with Crippen LogP contribution in [0.25, 0.3) is 0 Å². The Hall–Kier alpha value is -1.35. The molecule has 0 unspecified atom stereocenters. The number of para-hydroxylation sites is 1. The number of hydrogen-bond donors (Lipinski definition) is 2. The Morgan fingerprint density at radius 2 is 2.00 bits per heavy atom. The number of carboxylic acid groups (broad SMARTS) is 1. The predicted molar refractivity (Wildman–Crippen MR) is 68.0 cm³/mol. The number of sulfonamides is 1. The molecule has 0 heterocycles. The first-order chi connectivity index (χ1) is 8.80. The molecule has 0 fully saturated rings. The zero-order valence-electron chi connectivity index (χ0n) is 9.55. The van der Waals surface area contributed by atoms with Crippen LogP contribution in [0, 0.1) is 0 Å². The zero-order valence-corrected chi connectivity index (χ0v) is 11.2. The van der Waals surface area contributed by atoms with Gasteiger partial charge in [-0.1, -0.05) is 23.9 Å². The normalized spacial score (nSPS) is 11.5. The smallest absolute Gasteiger partial charge is 0.304 e. The number of alkyl halides is 2. The number of benzene rings is 1. The number of carbonyl (C=O) groups is 1. The highest BCUT2D eigenvalue weighted by molar-refractivity contribution is 7.99. The second-order valence-corrected chi connectivity index (χ2v) is 6.31. The molecule has 0 saturated carbocycles. The van der Waals surface area contributed by atoms with Crippen molar-refractivity contribution in [3.05, 3.63) is 24.3 Å². The van der Waals surface area contributed by atoms with E-state index >= 15 is 0 Å². The molecule has 1 aromatic carbocycles. The molecule has 0 saturated heterocycles. The minimum absolute atomic E-state index is 0.0122. The number of aliphatic carboxylic acids is 1. The molecule has 19 heavy (non-hydrogen) atoms. The molecule has 5 nitrogen and oxygen atoms in total. The maximum Gasteiger partial charge on any atom is 0.304 e. The van der Waals surface area contributed by atoms with Gasteiger partial charge in [-0.25, -0.2) is 8.42 Å². The minimum atomic E-state index is -3.88. The van der Waals surface area contributed by atoms with Gasteiger partial charge in [-0.2, -0.15) is 8.78 Å². The van der Waals surface area contributed by atoms with Crippen LogP contribution < -0.4 is 4.72 Å². The van der Waals surface area contributed by atoms with Crippen LogP contribution in [-0.4, -0.2) is 31.0 Å². The molecular weight excluding hydrogens is 300 g/mol. The summed E-state index contributed by atoms with van der Waals surface area (Å²) in [6.45, 7) is 0. The molecule has 0 bridgehead atoms. The van der Waals surface area contributed by atoms with E-state index in [0.29, 0.717) is 0 Å². The highest BCUT2D eigenvalue weighted by atomic mass is 32.2. The van der Waals surface area contributed by atoms with E-state index in [4.69, 9.17) is 5.11 Å². The number of carboxylic acids is 1. The van der Waals surface area contributed by atoms with Crippen molar-refractivity contribution < 1.29 is 27.1 Å². The highest BCUT2D eigenvalue weighted by Crippen LogP contribution is 2.32. The first-order valence-corrected chi connectivity index (χ1v) is 7.59. The second-order valence-electron chi connectivity index (χ2n) is 3.44. The molecular formula is C10H11F2NO4S2.